The van der Waals surface area contributed by atoms with Crippen LogP contribution in [0.5, 0.6) is 0 Å². The van der Waals surface area contributed by atoms with Gasteiger partial charge in [0.25, 0.3) is 0 Å². The highest BCUT2D eigenvalue weighted by Gasteiger charge is 2.25. The van der Waals surface area contributed by atoms with Crippen molar-refractivity contribution in [3.05, 3.63) is 59.7 Å². The maximum absolute atomic E-state index is 12.4. The number of allylic oxidation sites excluding steroid dienone is 4. The van der Waals surface area contributed by atoms with E-state index in [1.54, 1.807) is 6.08 Å². The lowest BCUT2D eigenvalue weighted by Gasteiger charge is -2.29. The molecule has 1 aromatic carbocycles. The van der Waals surface area contributed by atoms with Gasteiger partial charge >= 0.3 is 5.97 Å². The largest absolute Gasteiger partial charge is 0.462 e. The van der Waals surface area contributed by atoms with E-state index in [2.05, 4.69) is 19.1 Å². The van der Waals surface area contributed by atoms with Gasteiger partial charge in [0.15, 0.2) is 0 Å². The SMILES string of the molecule is CCCCOC(=O)c1ccccc1C1CCC(CC/C=C/C=CC#N)CC1. The Balaban J connectivity index is 1.85. The normalized spacial score (nSPS) is 20.0. The molecule has 0 aliphatic heterocycles. The first-order valence-corrected chi connectivity index (χ1v) is 10.2. The molecule has 0 amide bonds. The molecular formula is C24H31NO2. The molecule has 2 rings (SSSR count). The zero-order valence-corrected chi connectivity index (χ0v) is 16.4. The Morgan fingerprint density at radius 1 is 1.22 bits per heavy atom. The highest BCUT2D eigenvalue weighted by molar-refractivity contribution is 5.91. The average molecular weight is 366 g/mol. The Labute approximate surface area is 163 Å². The molecule has 144 valence electrons. The van der Waals surface area contributed by atoms with Crippen LogP contribution in [0.25, 0.3) is 0 Å². The fourth-order valence-corrected chi connectivity index (χ4v) is 3.79. The summed E-state index contributed by atoms with van der Waals surface area (Å²) in [5.74, 6) is 1.05. The quantitative estimate of drug-likeness (QED) is 0.222. The van der Waals surface area contributed by atoms with Crippen LogP contribution in [0.1, 0.15) is 80.1 Å². The monoisotopic (exact) mass is 365 g/mol. The minimum atomic E-state index is -0.170. The minimum absolute atomic E-state index is 0.170. The molecule has 1 saturated carbocycles. The van der Waals surface area contributed by atoms with Crippen molar-refractivity contribution in [3.8, 4) is 6.07 Å². The summed E-state index contributed by atoms with van der Waals surface area (Å²) in [6, 6.07) is 9.97. The molecule has 0 saturated heterocycles. The minimum Gasteiger partial charge on any atom is -0.462 e. The molecule has 1 aliphatic rings. The van der Waals surface area contributed by atoms with Crippen LogP contribution < -0.4 is 0 Å². The molecule has 0 radical (unpaired) electrons. The highest BCUT2D eigenvalue weighted by atomic mass is 16.5. The predicted octanol–water partition coefficient (Wildman–Crippen LogP) is 6.33. The van der Waals surface area contributed by atoms with E-state index in [0.717, 1.165) is 43.6 Å². The van der Waals surface area contributed by atoms with E-state index in [-0.39, 0.29) is 5.97 Å². The van der Waals surface area contributed by atoms with E-state index in [0.29, 0.717) is 12.5 Å². The molecule has 0 N–H and O–H groups in total. The summed E-state index contributed by atoms with van der Waals surface area (Å²) < 4.78 is 5.44. The Hall–Kier alpha value is -2.34. The van der Waals surface area contributed by atoms with Crippen molar-refractivity contribution < 1.29 is 9.53 Å². The van der Waals surface area contributed by atoms with Gasteiger partial charge in [-0.05, 0) is 68.4 Å². The number of rotatable bonds is 9. The standard InChI is InChI=1S/C24H31NO2/c1-2-3-19-27-24(26)23-13-9-8-12-22(23)21-16-14-20(15-17-21)11-7-5-4-6-10-18-25/h4-6,8-10,12-13,20-21H,2-3,7,11,14-17,19H2,1H3/b5-4+,10-6?. The van der Waals surface area contributed by atoms with Crippen molar-refractivity contribution in [2.24, 2.45) is 5.92 Å². The zero-order chi connectivity index (χ0) is 19.3. The van der Waals surface area contributed by atoms with Crippen LogP contribution in [0, 0.1) is 17.2 Å². The molecule has 1 aliphatic carbocycles. The van der Waals surface area contributed by atoms with E-state index in [1.807, 2.05) is 30.3 Å². The van der Waals surface area contributed by atoms with Gasteiger partial charge in [0.05, 0.1) is 18.2 Å². The van der Waals surface area contributed by atoms with Gasteiger partial charge in [0, 0.05) is 6.08 Å². The number of hydrogen-bond acceptors (Lipinski definition) is 3. The molecule has 1 aromatic rings. The highest BCUT2D eigenvalue weighted by Crippen LogP contribution is 2.38. The summed E-state index contributed by atoms with van der Waals surface area (Å²) >= 11 is 0. The Morgan fingerprint density at radius 3 is 2.74 bits per heavy atom. The van der Waals surface area contributed by atoms with E-state index >= 15 is 0 Å². The third-order valence-electron chi connectivity index (χ3n) is 5.36. The molecule has 3 nitrogen and oxygen atoms in total. The maximum atomic E-state index is 12.4. The summed E-state index contributed by atoms with van der Waals surface area (Å²) in [7, 11) is 0. The molecule has 0 unspecified atom stereocenters. The van der Waals surface area contributed by atoms with Crippen molar-refractivity contribution in [2.45, 2.75) is 64.2 Å². The topological polar surface area (TPSA) is 50.1 Å². The third-order valence-corrected chi connectivity index (χ3v) is 5.36. The number of ether oxygens (including phenoxy) is 1. The van der Waals surface area contributed by atoms with Crippen molar-refractivity contribution in [2.75, 3.05) is 6.61 Å². The van der Waals surface area contributed by atoms with Gasteiger partial charge in [0.1, 0.15) is 0 Å². The Kier molecular flexibility index (Phi) is 9.41. The first kappa shape index (κ1) is 21.0. The predicted molar refractivity (Wildman–Crippen MR) is 109 cm³/mol. The fourth-order valence-electron chi connectivity index (χ4n) is 3.79. The van der Waals surface area contributed by atoms with E-state index in [1.165, 1.54) is 30.9 Å². The number of carbonyl (C=O) groups is 1. The van der Waals surface area contributed by atoms with Crippen LogP contribution in [0.3, 0.4) is 0 Å². The van der Waals surface area contributed by atoms with Gasteiger partial charge in [-0.15, -0.1) is 0 Å². The van der Waals surface area contributed by atoms with Crippen LogP contribution in [-0.2, 0) is 4.74 Å². The molecular weight excluding hydrogens is 334 g/mol. The van der Waals surface area contributed by atoms with Crippen LogP contribution in [0.4, 0.5) is 0 Å². The maximum Gasteiger partial charge on any atom is 0.338 e. The number of nitriles is 1. The van der Waals surface area contributed by atoms with Crippen LogP contribution in [0.15, 0.2) is 48.6 Å². The number of benzene rings is 1. The van der Waals surface area contributed by atoms with Gasteiger partial charge in [-0.2, -0.15) is 5.26 Å². The summed E-state index contributed by atoms with van der Waals surface area (Å²) in [5, 5.41) is 8.45. The number of hydrogen-bond donors (Lipinski definition) is 0. The first-order chi connectivity index (χ1) is 13.3. The van der Waals surface area contributed by atoms with Gasteiger partial charge in [-0.25, -0.2) is 4.79 Å². The second-order valence-corrected chi connectivity index (χ2v) is 7.29. The summed E-state index contributed by atoms with van der Waals surface area (Å²) in [4.78, 5) is 12.4. The molecule has 0 heterocycles. The molecule has 3 heteroatoms. The van der Waals surface area contributed by atoms with Gasteiger partial charge in [0.2, 0.25) is 0 Å². The number of carbonyl (C=O) groups excluding carboxylic acids is 1. The zero-order valence-electron chi connectivity index (χ0n) is 16.4. The van der Waals surface area contributed by atoms with Crippen molar-refractivity contribution in [1.82, 2.24) is 0 Å². The molecule has 0 atom stereocenters. The van der Waals surface area contributed by atoms with Crippen LogP contribution in [0.2, 0.25) is 0 Å². The average Bonchev–Trinajstić information content (AvgIpc) is 2.71. The Bertz CT molecular complexity index is 676. The van der Waals surface area contributed by atoms with Crippen molar-refractivity contribution in [3.63, 3.8) is 0 Å². The van der Waals surface area contributed by atoms with E-state index in [9.17, 15) is 4.79 Å². The van der Waals surface area contributed by atoms with Crippen LogP contribution >= 0.6 is 0 Å². The second kappa shape index (κ2) is 12.1. The molecule has 27 heavy (non-hydrogen) atoms. The van der Waals surface area contributed by atoms with Crippen molar-refractivity contribution in [1.29, 1.82) is 5.26 Å². The summed E-state index contributed by atoms with van der Waals surface area (Å²) in [6.45, 7) is 2.60. The number of esters is 1. The smallest absolute Gasteiger partial charge is 0.338 e. The molecule has 1 fully saturated rings. The number of unbranched alkanes of at least 4 members (excludes halogenated alkanes) is 1. The number of nitrogens with zero attached hydrogens (tertiary/aromatic N) is 1. The van der Waals surface area contributed by atoms with E-state index in [4.69, 9.17) is 10.00 Å². The van der Waals surface area contributed by atoms with Crippen molar-refractivity contribution >= 4 is 5.97 Å². The Morgan fingerprint density at radius 2 is 2.00 bits per heavy atom. The second-order valence-electron chi connectivity index (χ2n) is 7.29. The lowest BCUT2D eigenvalue weighted by atomic mass is 9.76. The summed E-state index contributed by atoms with van der Waals surface area (Å²) in [6.07, 6.45) is 16.3. The lowest BCUT2D eigenvalue weighted by molar-refractivity contribution is 0.0497. The molecule has 0 aromatic heterocycles. The van der Waals surface area contributed by atoms with E-state index < -0.39 is 0 Å². The third kappa shape index (κ3) is 7.06. The van der Waals surface area contributed by atoms with Gasteiger partial charge in [-0.1, -0.05) is 49.8 Å². The fraction of sp³-hybridized carbons (Fsp3) is 0.500. The molecule has 0 bridgehead atoms. The van der Waals surface area contributed by atoms with Crippen LogP contribution in [-0.4, -0.2) is 12.6 Å². The summed E-state index contributed by atoms with van der Waals surface area (Å²) in [5.41, 5.74) is 1.92. The molecule has 0 spiro atoms. The van der Waals surface area contributed by atoms with Gasteiger partial charge in [-0.3, -0.25) is 0 Å². The first-order valence-electron chi connectivity index (χ1n) is 10.2. The lowest BCUT2D eigenvalue weighted by Crippen LogP contribution is -2.17. The van der Waals surface area contributed by atoms with Gasteiger partial charge < -0.3 is 4.74 Å².